The van der Waals surface area contributed by atoms with E-state index in [0.29, 0.717) is 35.3 Å². The smallest absolute Gasteiger partial charge is 0.491 e. The lowest BCUT2D eigenvalue weighted by atomic mass is 9.72. The van der Waals surface area contributed by atoms with E-state index < -0.39 is 25.9 Å². The Bertz CT molecular complexity index is 1070. The third-order valence-corrected chi connectivity index (χ3v) is 6.06. The summed E-state index contributed by atoms with van der Waals surface area (Å²) in [4.78, 5) is 0. The van der Waals surface area contributed by atoms with Crippen molar-refractivity contribution in [3.63, 3.8) is 0 Å². The number of hydrogen-bond acceptors (Lipinski definition) is 6. The molecule has 0 unspecified atom stereocenters. The normalized spacial score (nSPS) is 19.5. The van der Waals surface area contributed by atoms with Crippen molar-refractivity contribution in [3.8, 4) is 11.5 Å². The van der Waals surface area contributed by atoms with Crippen LogP contribution in [0.4, 0.5) is 0 Å². The fourth-order valence-electron chi connectivity index (χ4n) is 4.48. The maximum atomic E-state index is 10.8. The van der Waals surface area contributed by atoms with Crippen LogP contribution < -0.4 is 20.4 Å². The Morgan fingerprint density at radius 1 is 0.788 bits per heavy atom. The molecule has 2 atom stereocenters. The monoisotopic (exact) mass is 446 g/mol. The Balaban J connectivity index is 1.70. The van der Waals surface area contributed by atoms with Gasteiger partial charge in [0.2, 0.25) is 0 Å². The molecule has 170 valence electrons. The zero-order chi connectivity index (χ0) is 23.4. The molecule has 6 nitrogen and oxygen atoms in total. The average Bonchev–Trinajstić information content (AvgIpc) is 2.84. The SMILES string of the molecule is COc1ccc(OC)c2c1C[C@@](C)(OB(O)c1ccccc1)C[C@H]2OB(O)c1ccccc1. The third-order valence-electron chi connectivity index (χ3n) is 6.06. The fraction of sp³-hybridized carbons (Fsp3) is 0.280. The molecule has 4 rings (SSSR count). The van der Waals surface area contributed by atoms with Crippen molar-refractivity contribution in [2.45, 2.75) is 31.5 Å². The maximum Gasteiger partial charge on any atom is 0.491 e. The molecule has 0 radical (unpaired) electrons. The number of benzene rings is 3. The van der Waals surface area contributed by atoms with E-state index in [-0.39, 0.29) is 0 Å². The minimum Gasteiger partial charge on any atom is -0.496 e. The molecule has 1 aliphatic rings. The highest BCUT2D eigenvalue weighted by Gasteiger charge is 2.43. The molecule has 0 heterocycles. The average molecular weight is 446 g/mol. The molecule has 33 heavy (non-hydrogen) atoms. The first-order valence-electron chi connectivity index (χ1n) is 11.0. The van der Waals surface area contributed by atoms with Gasteiger partial charge in [-0.3, -0.25) is 0 Å². The molecule has 0 aliphatic heterocycles. The Labute approximate surface area is 195 Å². The number of hydrogen-bond donors (Lipinski definition) is 2. The van der Waals surface area contributed by atoms with Gasteiger partial charge in [0.1, 0.15) is 11.5 Å². The van der Waals surface area contributed by atoms with E-state index in [1.807, 2.05) is 79.7 Å². The lowest BCUT2D eigenvalue weighted by Gasteiger charge is -2.41. The lowest BCUT2D eigenvalue weighted by molar-refractivity contribution is 0.00335. The van der Waals surface area contributed by atoms with E-state index in [1.54, 1.807) is 14.2 Å². The number of rotatable bonds is 8. The summed E-state index contributed by atoms with van der Waals surface area (Å²) >= 11 is 0. The van der Waals surface area contributed by atoms with Gasteiger partial charge in [0.05, 0.1) is 25.9 Å². The Kier molecular flexibility index (Phi) is 7.10. The first-order chi connectivity index (χ1) is 15.9. The maximum absolute atomic E-state index is 10.8. The second-order valence-electron chi connectivity index (χ2n) is 8.46. The summed E-state index contributed by atoms with van der Waals surface area (Å²) in [5, 5.41) is 21.6. The minimum absolute atomic E-state index is 0.400. The van der Waals surface area contributed by atoms with Crippen molar-refractivity contribution >= 4 is 25.2 Å². The first-order valence-corrected chi connectivity index (χ1v) is 11.0. The summed E-state index contributed by atoms with van der Waals surface area (Å²) in [7, 11) is 0.980. The predicted molar refractivity (Wildman–Crippen MR) is 129 cm³/mol. The summed E-state index contributed by atoms with van der Waals surface area (Å²) in [6.45, 7) is 1.94. The van der Waals surface area contributed by atoms with E-state index in [0.717, 1.165) is 11.1 Å². The number of methoxy groups -OCH3 is 2. The molecule has 0 saturated carbocycles. The standard InChI is InChI=1S/C25H28B2O6/c1-25(33-27(29)19-12-8-5-9-13-19)16-20-21(30-2)14-15-22(31-3)24(20)23(17-25)32-26(28)18-10-6-4-7-11-18/h4-15,23,28-29H,16-17H2,1-3H3/t23-,25-/m1/s1. The first kappa shape index (κ1) is 23.4. The van der Waals surface area contributed by atoms with Crippen molar-refractivity contribution in [1.29, 1.82) is 0 Å². The molecule has 8 heteroatoms. The van der Waals surface area contributed by atoms with Crippen LogP contribution in [-0.4, -0.2) is 44.1 Å². The second kappa shape index (κ2) is 10.0. The summed E-state index contributed by atoms with van der Waals surface area (Å²) in [5.74, 6) is 1.33. The van der Waals surface area contributed by atoms with Crippen LogP contribution in [0.1, 0.15) is 30.6 Å². The van der Waals surface area contributed by atoms with Crippen LogP contribution in [0, 0.1) is 0 Å². The zero-order valence-corrected chi connectivity index (χ0v) is 19.1. The van der Waals surface area contributed by atoms with E-state index in [9.17, 15) is 10.0 Å². The van der Waals surface area contributed by atoms with Gasteiger partial charge in [0.15, 0.2) is 0 Å². The molecule has 3 aromatic rings. The highest BCUT2D eigenvalue weighted by Crippen LogP contribution is 2.47. The van der Waals surface area contributed by atoms with Crippen LogP contribution in [0.5, 0.6) is 11.5 Å². The van der Waals surface area contributed by atoms with E-state index in [2.05, 4.69) is 0 Å². The van der Waals surface area contributed by atoms with Gasteiger partial charge >= 0.3 is 14.2 Å². The molecule has 0 spiro atoms. The second-order valence-corrected chi connectivity index (χ2v) is 8.46. The van der Waals surface area contributed by atoms with Crippen LogP contribution in [0.25, 0.3) is 0 Å². The van der Waals surface area contributed by atoms with Gasteiger partial charge in [-0.2, -0.15) is 0 Å². The lowest BCUT2D eigenvalue weighted by Crippen LogP contribution is -2.48. The van der Waals surface area contributed by atoms with Gasteiger partial charge in [-0.15, -0.1) is 0 Å². The molecule has 3 aromatic carbocycles. The van der Waals surface area contributed by atoms with Crippen LogP contribution in [-0.2, 0) is 15.7 Å². The molecule has 0 amide bonds. The third kappa shape index (κ3) is 5.09. The molecule has 0 saturated heterocycles. The topological polar surface area (TPSA) is 77.4 Å². The van der Waals surface area contributed by atoms with E-state index in [1.165, 1.54) is 0 Å². The van der Waals surface area contributed by atoms with Crippen LogP contribution in [0.15, 0.2) is 72.8 Å². The quantitative estimate of drug-likeness (QED) is 0.518. The Morgan fingerprint density at radius 2 is 1.33 bits per heavy atom. The summed E-state index contributed by atoms with van der Waals surface area (Å²) in [6, 6.07) is 22.1. The summed E-state index contributed by atoms with van der Waals surface area (Å²) in [6.07, 6.45) is 0.326. The van der Waals surface area contributed by atoms with Crippen molar-refractivity contribution < 1.29 is 28.8 Å². The van der Waals surface area contributed by atoms with Gasteiger partial charge in [-0.1, -0.05) is 60.7 Å². The largest absolute Gasteiger partial charge is 0.496 e. The summed E-state index contributed by atoms with van der Waals surface area (Å²) in [5.41, 5.74) is 2.23. The van der Waals surface area contributed by atoms with Gasteiger partial charge in [0, 0.05) is 24.0 Å². The zero-order valence-electron chi connectivity index (χ0n) is 19.1. The van der Waals surface area contributed by atoms with Crippen molar-refractivity contribution in [2.24, 2.45) is 0 Å². The van der Waals surface area contributed by atoms with Gasteiger partial charge in [-0.05, 0) is 30.0 Å². The molecule has 1 aliphatic carbocycles. The highest BCUT2D eigenvalue weighted by atomic mass is 16.5. The van der Waals surface area contributed by atoms with Crippen molar-refractivity contribution in [2.75, 3.05) is 14.2 Å². The van der Waals surface area contributed by atoms with Crippen LogP contribution in [0.2, 0.25) is 0 Å². The van der Waals surface area contributed by atoms with Crippen LogP contribution in [0.3, 0.4) is 0 Å². The van der Waals surface area contributed by atoms with E-state index in [4.69, 9.17) is 18.8 Å². The summed E-state index contributed by atoms with van der Waals surface area (Å²) < 4.78 is 23.7. The Hall–Kier alpha value is -2.77. The minimum atomic E-state index is -1.14. The molecule has 0 aromatic heterocycles. The predicted octanol–water partition coefficient (Wildman–Crippen LogP) is 2.26. The molecular weight excluding hydrogens is 418 g/mol. The van der Waals surface area contributed by atoms with Crippen molar-refractivity contribution in [3.05, 3.63) is 83.9 Å². The van der Waals surface area contributed by atoms with Gasteiger partial charge in [-0.25, -0.2) is 0 Å². The van der Waals surface area contributed by atoms with Gasteiger partial charge in [0.25, 0.3) is 0 Å². The van der Waals surface area contributed by atoms with Crippen LogP contribution >= 0.6 is 0 Å². The number of ether oxygens (including phenoxy) is 2. The Morgan fingerprint density at radius 3 is 1.91 bits per heavy atom. The highest BCUT2D eigenvalue weighted by molar-refractivity contribution is 6.60. The van der Waals surface area contributed by atoms with Crippen molar-refractivity contribution in [1.82, 2.24) is 0 Å². The van der Waals surface area contributed by atoms with E-state index >= 15 is 0 Å². The molecule has 0 bridgehead atoms. The molecular formula is C25H28B2O6. The van der Waals surface area contributed by atoms with Gasteiger partial charge < -0.3 is 28.8 Å². The molecule has 2 N–H and O–H groups in total. The number of fused-ring (bicyclic) bond motifs is 1. The fourth-order valence-corrected chi connectivity index (χ4v) is 4.48. The molecule has 0 fully saturated rings.